The third-order valence-corrected chi connectivity index (χ3v) is 6.00. The van der Waals surface area contributed by atoms with Gasteiger partial charge in [0.25, 0.3) is 11.5 Å². The number of amides is 1. The Kier molecular flexibility index (Phi) is 5.77. The second kappa shape index (κ2) is 8.38. The molecule has 1 fully saturated rings. The smallest absolute Gasteiger partial charge is 0.336 e. The zero-order valence-electron chi connectivity index (χ0n) is 17.8. The average molecular weight is 444 g/mol. The minimum absolute atomic E-state index is 0.103. The van der Waals surface area contributed by atoms with Crippen molar-refractivity contribution in [3.05, 3.63) is 75.8 Å². The Balaban J connectivity index is 1.46. The number of fused-ring (bicyclic) bond motifs is 1. The SMILES string of the molecule is CC(c1nc2ccccc2c(=O)n1C)N1CCN(C(=O)c2ccc(C(F)(F)F)cc2)CC1. The Morgan fingerprint density at radius 3 is 2.25 bits per heavy atom. The van der Waals surface area contributed by atoms with Crippen LogP contribution in [0.5, 0.6) is 0 Å². The highest BCUT2D eigenvalue weighted by Crippen LogP contribution is 2.29. The molecule has 0 aliphatic carbocycles. The molecule has 168 valence electrons. The van der Waals surface area contributed by atoms with Crippen LogP contribution in [0.4, 0.5) is 13.2 Å². The van der Waals surface area contributed by atoms with Gasteiger partial charge in [0, 0.05) is 38.8 Å². The molecule has 1 amide bonds. The van der Waals surface area contributed by atoms with Crippen molar-refractivity contribution in [2.45, 2.75) is 19.1 Å². The number of hydrogen-bond donors (Lipinski definition) is 0. The number of rotatable bonds is 3. The molecule has 1 aliphatic heterocycles. The molecule has 0 saturated carbocycles. The van der Waals surface area contributed by atoms with Gasteiger partial charge < -0.3 is 4.90 Å². The lowest BCUT2D eigenvalue weighted by Gasteiger charge is -2.38. The first-order valence-electron chi connectivity index (χ1n) is 10.3. The van der Waals surface area contributed by atoms with Crippen LogP contribution in [0.15, 0.2) is 53.3 Å². The van der Waals surface area contributed by atoms with Crippen LogP contribution in [0.3, 0.4) is 0 Å². The van der Waals surface area contributed by atoms with E-state index in [1.807, 2.05) is 19.1 Å². The van der Waals surface area contributed by atoms with Crippen LogP contribution in [0.25, 0.3) is 10.9 Å². The molecule has 1 atom stereocenters. The number of carbonyl (C=O) groups is 1. The second-order valence-corrected chi connectivity index (χ2v) is 7.93. The predicted octanol–water partition coefficient (Wildman–Crippen LogP) is 3.47. The van der Waals surface area contributed by atoms with Crippen LogP contribution in [-0.4, -0.2) is 51.4 Å². The second-order valence-electron chi connectivity index (χ2n) is 7.93. The summed E-state index contributed by atoms with van der Waals surface area (Å²) in [7, 11) is 1.71. The number of alkyl halides is 3. The van der Waals surface area contributed by atoms with E-state index in [0.717, 1.165) is 12.1 Å². The van der Waals surface area contributed by atoms with E-state index in [4.69, 9.17) is 0 Å². The molecule has 9 heteroatoms. The van der Waals surface area contributed by atoms with Crippen LogP contribution in [-0.2, 0) is 13.2 Å². The van der Waals surface area contributed by atoms with E-state index in [1.165, 1.54) is 12.1 Å². The van der Waals surface area contributed by atoms with Gasteiger partial charge in [-0.1, -0.05) is 12.1 Å². The molecule has 1 aromatic heterocycles. The molecular formula is C23H23F3N4O2. The maximum Gasteiger partial charge on any atom is 0.416 e. The van der Waals surface area contributed by atoms with E-state index in [0.29, 0.717) is 42.9 Å². The molecule has 0 N–H and O–H groups in total. The fourth-order valence-corrected chi connectivity index (χ4v) is 4.07. The summed E-state index contributed by atoms with van der Waals surface area (Å²) < 4.78 is 39.8. The van der Waals surface area contributed by atoms with Crippen molar-refractivity contribution in [3.8, 4) is 0 Å². The van der Waals surface area contributed by atoms with Crippen molar-refractivity contribution < 1.29 is 18.0 Å². The molecule has 32 heavy (non-hydrogen) atoms. The van der Waals surface area contributed by atoms with E-state index in [1.54, 1.807) is 28.6 Å². The van der Waals surface area contributed by atoms with E-state index >= 15 is 0 Å². The van der Waals surface area contributed by atoms with Crippen LogP contribution in [0.1, 0.15) is 34.7 Å². The molecule has 1 unspecified atom stereocenters. The minimum Gasteiger partial charge on any atom is -0.336 e. The van der Waals surface area contributed by atoms with Gasteiger partial charge >= 0.3 is 6.18 Å². The summed E-state index contributed by atoms with van der Waals surface area (Å²) in [6.45, 7) is 3.98. The Bertz CT molecular complexity index is 1200. The fourth-order valence-electron chi connectivity index (χ4n) is 4.07. The fraction of sp³-hybridized carbons (Fsp3) is 0.348. The van der Waals surface area contributed by atoms with Gasteiger partial charge in [-0.2, -0.15) is 13.2 Å². The van der Waals surface area contributed by atoms with Gasteiger partial charge in [-0.3, -0.25) is 19.1 Å². The Labute approximate surface area is 182 Å². The monoisotopic (exact) mass is 444 g/mol. The molecule has 6 nitrogen and oxygen atoms in total. The summed E-state index contributed by atoms with van der Waals surface area (Å²) in [5.41, 5.74) is 0.00131. The quantitative estimate of drug-likeness (QED) is 0.621. The first-order chi connectivity index (χ1) is 15.2. The molecular weight excluding hydrogens is 421 g/mol. The predicted molar refractivity (Wildman–Crippen MR) is 114 cm³/mol. The molecule has 2 aromatic carbocycles. The lowest BCUT2D eigenvalue weighted by Crippen LogP contribution is -2.49. The normalized spacial score (nSPS) is 16.3. The molecule has 0 radical (unpaired) electrons. The Morgan fingerprint density at radius 2 is 1.62 bits per heavy atom. The number of nitrogens with zero attached hydrogens (tertiary/aromatic N) is 4. The van der Waals surface area contributed by atoms with Crippen molar-refractivity contribution >= 4 is 16.8 Å². The van der Waals surface area contributed by atoms with Crippen molar-refractivity contribution in [2.75, 3.05) is 26.2 Å². The summed E-state index contributed by atoms with van der Waals surface area (Å²) in [6, 6.07) is 11.4. The van der Waals surface area contributed by atoms with Gasteiger partial charge in [0.15, 0.2) is 0 Å². The van der Waals surface area contributed by atoms with Crippen LogP contribution < -0.4 is 5.56 Å². The van der Waals surface area contributed by atoms with Gasteiger partial charge in [-0.15, -0.1) is 0 Å². The van der Waals surface area contributed by atoms with Gasteiger partial charge in [0.2, 0.25) is 0 Å². The third kappa shape index (κ3) is 4.12. The van der Waals surface area contributed by atoms with Crippen LogP contribution in [0, 0.1) is 0 Å². The molecule has 1 aliphatic rings. The number of carbonyl (C=O) groups excluding carboxylic acids is 1. The number of aromatic nitrogens is 2. The zero-order chi connectivity index (χ0) is 23.0. The van der Waals surface area contributed by atoms with E-state index < -0.39 is 11.7 Å². The lowest BCUT2D eigenvalue weighted by molar-refractivity contribution is -0.137. The summed E-state index contributed by atoms with van der Waals surface area (Å²) >= 11 is 0. The molecule has 0 spiro atoms. The van der Waals surface area contributed by atoms with Gasteiger partial charge in [-0.25, -0.2) is 4.98 Å². The highest BCUT2D eigenvalue weighted by atomic mass is 19.4. The van der Waals surface area contributed by atoms with Crippen LogP contribution in [0.2, 0.25) is 0 Å². The summed E-state index contributed by atoms with van der Waals surface area (Å²) in [6.07, 6.45) is -4.43. The molecule has 2 heterocycles. The molecule has 3 aromatic rings. The Morgan fingerprint density at radius 1 is 1.00 bits per heavy atom. The summed E-state index contributed by atoms with van der Waals surface area (Å²) in [4.78, 5) is 33.9. The molecule has 0 bridgehead atoms. The first-order valence-corrected chi connectivity index (χ1v) is 10.3. The number of para-hydroxylation sites is 1. The van der Waals surface area contributed by atoms with Crippen molar-refractivity contribution in [1.29, 1.82) is 0 Å². The van der Waals surface area contributed by atoms with Crippen molar-refractivity contribution in [2.24, 2.45) is 7.05 Å². The van der Waals surface area contributed by atoms with E-state index in [9.17, 15) is 22.8 Å². The average Bonchev–Trinajstić information content (AvgIpc) is 2.80. The van der Waals surface area contributed by atoms with Gasteiger partial charge in [-0.05, 0) is 43.3 Å². The first kappa shape index (κ1) is 22.0. The third-order valence-electron chi connectivity index (χ3n) is 6.00. The largest absolute Gasteiger partial charge is 0.416 e. The van der Waals surface area contributed by atoms with E-state index in [2.05, 4.69) is 9.88 Å². The number of piperazine rings is 1. The maximum absolute atomic E-state index is 12.7. The highest BCUT2D eigenvalue weighted by Gasteiger charge is 2.31. The molecule has 4 rings (SSSR count). The van der Waals surface area contributed by atoms with Crippen molar-refractivity contribution in [1.82, 2.24) is 19.4 Å². The van der Waals surface area contributed by atoms with E-state index in [-0.39, 0.29) is 23.1 Å². The van der Waals surface area contributed by atoms with Gasteiger partial charge in [0.1, 0.15) is 5.82 Å². The standard InChI is InChI=1S/C23H23F3N4O2/c1-15(20-27-19-6-4-3-5-18(19)22(32)28(20)2)29-11-13-30(14-12-29)21(31)16-7-9-17(10-8-16)23(24,25)26/h3-10,15H,11-14H2,1-2H3. The maximum atomic E-state index is 12.7. The minimum atomic E-state index is -4.43. The van der Waals surface area contributed by atoms with Crippen LogP contribution >= 0.6 is 0 Å². The highest BCUT2D eigenvalue weighted by molar-refractivity contribution is 5.94. The number of hydrogen-bond acceptors (Lipinski definition) is 4. The topological polar surface area (TPSA) is 58.4 Å². The molecule has 1 saturated heterocycles. The number of benzene rings is 2. The van der Waals surface area contributed by atoms with Crippen molar-refractivity contribution in [3.63, 3.8) is 0 Å². The number of halogens is 3. The summed E-state index contributed by atoms with van der Waals surface area (Å²) in [5, 5.41) is 0.568. The van der Waals surface area contributed by atoms with Gasteiger partial charge in [0.05, 0.1) is 22.5 Å². The summed E-state index contributed by atoms with van der Waals surface area (Å²) in [5.74, 6) is 0.360. The zero-order valence-corrected chi connectivity index (χ0v) is 17.8. The lowest BCUT2D eigenvalue weighted by atomic mass is 10.1. The Hall–Kier alpha value is -3.20.